The summed E-state index contributed by atoms with van der Waals surface area (Å²) in [6.45, 7) is 1.24. The monoisotopic (exact) mass is 455 g/mol. The Morgan fingerprint density at radius 2 is 1.87 bits per heavy atom. The largest absolute Gasteiger partial charge is 0.480 e. The van der Waals surface area contributed by atoms with E-state index in [1.54, 1.807) is 25.1 Å². The predicted molar refractivity (Wildman–Crippen MR) is 105 cm³/mol. The maximum atomic E-state index is 13.1. The summed E-state index contributed by atoms with van der Waals surface area (Å²) in [5.41, 5.74) is 0.671. The fourth-order valence-corrected chi connectivity index (χ4v) is 5.39. The number of benzene rings is 2. The van der Waals surface area contributed by atoms with Crippen LogP contribution >= 0.6 is 11.6 Å². The third kappa shape index (κ3) is 3.18. The highest BCUT2D eigenvalue weighted by Gasteiger charge is 2.36. The van der Waals surface area contributed by atoms with E-state index < -0.39 is 32.4 Å². The van der Waals surface area contributed by atoms with Crippen molar-refractivity contribution >= 4 is 43.9 Å². The van der Waals surface area contributed by atoms with E-state index in [4.69, 9.17) is 11.6 Å². The fraction of sp³-hybridized carbons (Fsp3) is 0.150. The van der Waals surface area contributed by atoms with Crippen molar-refractivity contribution in [3.05, 3.63) is 69.2 Å². The molecule has 0 radical (unpaired) electrons. The number of carboxylic acids is 1. The molecule has 2 aromatic carbocycles. The molecule has 3 aromatic rings. The first kappa shape index (κ1) is 20.5. The first-order valence-electron chi connectivity index (χ1n) is 8.59. The summed E-state index contributed by atoms with van der Waals surface area (Å²) in [4.78, 5) is 10.9. The number of nitrogens with zero attached hydrogens (tertiary/aromatic N) is 1. The molecule has 1 aromatic heterocycles. The van der Waals surface area contributed by atoms with Crippen molar-refractivity contribution in [3.63, 3.8) is 0 Å². The summed E-state index contributed by atoms with van der Waals surface area (Å²) in [5, 5.41) is 11.1. The number of alkyl halides is 3. The number of hydrogen-bond acceptors (Lipinski definition) is 3. The Morgan fingerprint density at radius 3 is 2.50 bits per heavy atom. The van der Waals surface area contributed by atoms with E-state index in [1.165, 1.54) is 4.57 Å². The summed E-state index contributed by atoms with van der Waals surface area (Å²) in [6.07, 6.45) is -4.68. The van der Waals surface area contributed by atoms with E-state index in [-0.39, 0.29) is 17.7 Å². The van der Waals surface area contributed by atoms with Crippen molar-refractivity contribution in [2.24, 2.45) is 0 Å². The molecule has 30 heavy (non-hydrogen) atoms. The molecule has 0 amide bonds. The van der Waals surface area contributed by atoms with Gasteiger partial charge in [0, 0.05) is 38.2 Å². The molecule has 0 unspecified atom stereocenters. The molecule has 0 aliphatic carbocycles. The van der Waals surface area contributed by atoms with E-state index in [2.05, 4.69) is 0 Å². The number of aromatic nitrogens is 1. The lowest BCUT2D eigenvalue weighted by atomic mass is 9.96. The summed E-state index contributed by atoms with van der Waals surface area (Å²) in [6, 6.07) is 7.36. The Balaban J connectivity index is 2.02. The number of sulfone groups is 1. The minimum absolute atomic E-state index is 0.135. The Kier molecular flexibility index (Phi) is 4.52. The van der Waals surface area contributed by atoms with Crippen molar-refractivity contribution in [1.29, 1.82) is 0 Å². The van der Waals surface area contributed by atoms with E-state index in [9.17, 15) is 31.5 Å². The SMILES string of the molecule is Cc1c(C2=CS(=O)(=O)c3cc(C(F)(F)F)ccc32)c2ccc(Cl)cc2n1CC(=O)O. The zero-order chi connectivity index (χ0) is 22.0. The number of rotatable bonds is 3. The van der Waals surface area contributed by atoms with Gasteiger partial charge in [-0.25, -0.2) is 8.42 Å². The average molecular weight is 456 g/mol. The molecule has 0 spiro atoms. The second-order valence-electron chi connectivity index (χ2n) is 6.89. The van der Waals surface area contributed by atoms with Crippen molar-refractivity contribution in [3.8, 4) is 0 Å². The van der Waals surface area contributed by atoms with Gasteiger partial charge in [0.2, 0.25) is 9.84 Å². The zero-order valence-electron chi connectivity index (χ0n) is 15.3. The minimum Gasteiger partial charge on any atom is -0.480 e. The zero-order valence-corrected chi connectivity index (χ0v) is 16.9. The quantitative estimate of drug-likeness (QED) is 0.610. The molecule has 5 nitrogen and oxygen atoms in total. The number of fused-ring (bicyclic) bond motifs is 2. The van der Waals surface area contributed by atoms with Gasteiger partial charge < -0.3 is 9.67 Å². The average Bonchev–Trinajstić information content (AvgIpc) is 3.05. The molecule has 4 rings (SSSR count). The first-order chi connectivity index (χ1) is 13.9. The Morgan fingerprint density at radius 1 is 1.17 bits per heavy atom. The van der Waals surface area contributed by atoms with Crippen LogP contribution in [0.15, 0.2) is 46.7 Å². The normalized spacial score (nSPS) is 15.3. The lowest BCUT2D eigenvalue weighted by Gasteiger charge is -2.10. The van der Waals surface area contributed by atoms with Gasteiger partial charge in [-0.1, -0.05) is 23.7 Å². The second-order valence-corrected chi connectivity index (χ2v) is 9.09. The highest BCUT2D eigenvalue weighted by Crippen LogP contribution is 2.44. The molecular weight excluding hydrogens is 443 g/mol. The summed E-state index contributed by atoms with van der Waals surface area (Å²) < 4.78 is 66.0. The molecule has 10 heteroatoms. The molecule has 0 fully saturated rings. The van der Waals surface area contributed by atoms with Gasteiger partial charge in [0.1, 0.15) is 6.54 Å². The lowest BCUT2D eigenvalue weighted by Crippen LogP contribution is -2.10. The molecular formula is C20H13ClF3NO4S. The maximum Gasteiger partial charge on any atom is 0.416 e. The molecule has 1 N–H and O–H groups in total. The second kappa shape index (κ2) is 6.61. The van der Waals surface area contributed by atoms with Crippen molar-refractivity contribution in [2.75, 3.05) is 0 Å². The van der Waals surface area contributed by atoms with Crippen molar-refractivity contribution < 1.29 is 31.5 Å². The number of carboxylic acid groups (broad SMARTS) is 1. The van der Waals surface area contributed by atoms with E-state index in [0.29, 0.717) is 33.2 Å². The lowest BCUT2D eigenvalue weighted by molar-refractivity contribution is -0.138. The highest BCUT2D eigenvalue weighted by atomic mass is 35.5. The smallest absolute Gasteiger partial charge is 0.416 e. The number of halogens is 4. The molecule has 0 atom stereocenters. The molecule has 0 saturated heterocycles. The molecule has 0 bridgehead atoms. The highest BCUT2D eigenvalue weighted by molar-refractivity contribution is 7.95. The van der Waals surface area contributed by atoms with Crippen LogP contribution in [0.2, 0.25) is 5.02 Å². The third-order valence-electron chi connectivity index (χ3n) is 5.03. The number of aliphatic carboxylic acids is 1. The predicted octanol–water partition coefficient (Wildman–Crippen LogP) is 4.88. The summed E-state index contributed by atoms with van der Waals surface area (Å²) in [5.74, 6) is -1.11. The van der Waals surface area contributed by atoms with Gasteiger partial charge in [0.15, 0.2) is 0 Å². The molecule has 1 aliphatic rings. The number of carbonyl (C=O) groups is 1. The van der Waals surface area contributed by atoms with Gasteiger partial charge in [-0.05, 0) is 31.2 Å². The van der Waals surface area contributed by atoms with Crippen molar-refractivity contribution in [1.82, 2.24) is 4.57 Å². The third-order valence-corrected chi connectivity index (χ3v) is 6.76. The minimum atomic E-state index is -4.68. The Labute approximate surface area is 173 Å². The molecule has 156 valence electrons. The summed E-state index contributed by atoms with van der Waals surface area (Å²) in [7, 11) is -4.11. The van der Waals surface area contributed by atoms with Gasteiger partial charge in [0.25, 0.3) is 0 Å². The van der Waals surface area contributed by atoms with Gasteiger partial charge in [-0.3, -0.25) is 4.79 Å². The Hall–Kier alpha value is -2.78. The van der Waals surface area contributed by atoms with Crippen LogP contribution in [0.4, 0.5) is 13.2 Å². The van der Waals surface area contributed by atoms with Crippen LogP contribution in [0, 0.1) is 6.92 Å². The number of hydrogen-bond donors (Lipinski definition) is 1. The standard InChI is InChI=1S/C20H13ClF3NO4S/c1-10-19(14-5-3-12(21)7-16(14)25(10)8-18(26)27)15-9-30(28,29)17-6-11(20(22,23)24)2-4-13(15)17/h2-7,9H,8H2,1H3,(H,26,27). The Bertz CT molecular complexity index is 1370. The maximum absolute atomic E-state index is 13.1. The van der Waals surface area contributed by atoms with Crippen molar-refractivity contribution in [2.45, 2.75) is 24.5 Å². The van der Waals surface area contributed by atoms with E-state index in [1.807, 2.05) is 0 Å². The summed E-state index contributed by atoms with van der Waals surface area (Å²) >= 11 is 6.06. The van der Waals surface area contributed by atoms with Crippen LogP contribution < -0.4 is 0 Å². The van der Waals surface area contributed by atoms with Crippen LogP contribution in [0.3, 0.4) is 0 Å². The molecule has 0 saturated carbocycles. The van der Waals surface area contributed by atoms with Crippen LogP contribution in [-0.4, -0.2) is 24.1 Å². The van der Waals surface area contributed by atoms with Crippen LogP contribution in [0.1, 0.15) is 22.4 Å². The van der Waals surface area contributed by atoms with Crippen LogP contribution in [0.5, 0.6) is 0 Å². The van der Waals surface area contributed by atoms with Crippen LogP contribution in [-0.2, 0) is 27.4 Å². The van der Waals surface area contributed by atoms with Gasteiger partial charge >= 0.3 is 12.1 Å². The molecule has 2 heterocycles. The topological polar surface area (TPSA) is 76.4 Å². The first-order valence-corrected chi connectivity index (χ1v) is 10.5. The van der Waals surface area contributed by atoms with E-state index in [0.717, 1.165) is 17.5 Å². The van der Waals surface area contributed by atoms with E-state index >= 15 is 0 Å². The van der Waals surface area contributed by atoms with Gasteiger partial charge in [0.05, 0.1) is 16.0 Å². The molecule has 1 aliphatic heterocycles. The van der Waals surface area contributed by atoms with Crippen LogP contribution in [0.25, 0.3) is 16.5 Å². The van der Waals surface area contributed by atoms with Gasteiger partial charge in [-0.15, -0.1) is 0 Å². The fourth-order valence-electron chi connectivity index (χ4n) is 3.76. The van der Waals surface area contributed by atoms with Gasteiger partial charge in [-0.2, -0.15) is 13.2 Å².